The molecule has 0 amide bonds. The van der Waals surface area contributed by atoms with Gasteiger partial charge in [-0.1, -0.05) is 32.0 Å². The van der Waals surface area contributed by atoms with E-state index in [9.17, 15) is 13.2 Å². The number of carboxylic acid groups (broad SMARTS) is 1. The van der Waals surface area contributed by atoms with Gasteiger partial charge in [-0.3, -0.25) is 4.79 Å². The zero-order valence-electron chi connectivity index (χ0n) is 11.8. The van der Waals surface area contributed by atoms with Crippen LogP contribution in [0.1, 0.15) is 33.1 Å². The average molecular weight is 299 g/mol. The van der Waals surface area contributed by atoms with Gasteiger partial charge < -0.3 is 5.11 Å². The van der Waals surface area contributed by atoms with E-state index in [2.05, 4.69) is 4.72 Å². The van der Waals surface area contributed by atoms with E-state index in [4.69, 9.17) is 5.11 Å². The van der Waals surface area contributed by atoms with Gasteiger partial charge in [-0.25, -0.2) is 13.1 Å². The minimum Gasteiger partial charge on any atom is -0.481 e. The van der Waals surface area contributed by atoms with E-state index in [1.807, 2.05) is 13.8 Å². The van der Waals surface area contributed by atoms with Crippen LogP contribution in [-0.4, -0.2) is 26.0 Å². The maximum absolute atomic E-state index is 12.0. The molecule has 2 N–H and O–H groups in total. The van der Waals surface area contributed by atoms with Crippen LogP contribution in [0.4, 0.5) is 0 Å². The lowest BCUT2D eigenvalue weighted by Gasteiger charge is -2.23. The van der Waals surface area contributed by atoms with Gasteiger partial charge >= 0.3 is 5.97 Å². The van der Waals surface area contributed by atoms with Gasteiger partial charge in [-0.15, -0.1) is 0 Å². The molecule has 0 aromatic heterocycles. The Kier molecular flexibility index (Phi) is 5.71. The summed E-state index contributed by atoms with van der Waals surface area (Å²) in [4.78, 5) is 10.8. The van der Waals surface area contributed by atoms with Crippen molar-refractivity contribution < 1.29 is 18.3 Å². The maximum Gasteiger partial charge on any atom is 0.303 e. The summed E-state index contributed by atoms with van der Waals surface area (Å²) in [5, 5.41) is 8.67. The van der Waals surface area contributed by atoms with Crippen molar-refractivity contribution in [2.24, 2.45) is 5.41 Å². The Hall–Kier alpha value is -1.40. The zero-order chi connectivity index (χ0) is 15.2. The fourth-order valence-corrected chi connectivity index (χ4v) is 2.83. The molecule has 0 atom stereocenters. The van der Waals surface area contributed by atoms with Crippen molar-refractivity contribution in [1.29, 1.82) is 0 Å². The first kappa shape index (κ1) is 16.7. The molecule has 0 saturated carbocycles. The fraction of sp³-hybridized carbons (Fsp3) is 0.500. The van der Waals surface area contributed by atoms with Crippen LogP contribution in [0.15, 0.2) is 35.2 Å². The van der Waals surface area contributed by atoms with E-state index in [1.165, 1.54) is 12.1 Å². The summed E-state index contributed by atoms with van der Waals surface area (Å²) in [6.45, 7) is 4.17. The van der Waals surface area contributed by atoms with Crippen molar-refractivity contribution in [1.82, 2.24) is 4.72 Å². The second-order valence-corrected chi connectivity index (χ2v) is 7.29. The first-order chi connectivity index (χ1) is 9.23. The molecule has 0 spiro atoms. The molecule has 0 aliphatic heterocycles. The number of carboxylic acids is 1. The van der Waals surface area contributed by atoms with Gasteiger partial charge in [0.25, 0.3) is 0 Å². The van der Waals surface area contributed by atoms with E-state index in [0.29, 0.717) is 19.4 Å². The third-order valence-corrected chi connectivity index (χ3v) is 4.64. The largest absolute Gasteiger partial charge is 0.481 e. The molecular formula is C14H21NO4S. The predicted octanol–water partition coefficient (Wildman–Crippen LogP) is 2.25. The highest BCUT2D eigenvalue weighted by atomic mass is 32.2. The molecule has 1 aromatic rings. The topological polar surface area (TPSA) is 83.5 Å². The summed E-state index contributed by atoms with van der Waals surface area (Å²) < 4.78 is 26.5. The average Bonchev–Trinajstić information content (AvgIpc) is 2.37. The number of hydrogen-bond donors (Lipinski definition) is 2. The minimum absolute atomic E-state index is 0.0957. The molecule has 20 heavy (non-hydrogen) atoms. The number of carbonyl (C=O) groups is 1. The Balaban J connectivity index is 2.49. The Bertz CT molecular complexity index is 538. The lowest BCUT2D eigenvalue weighted by molar-refractivity contribution is -0.137. The Morgan fingerprint density at radius 3 is 2.35 bits per heavy atom. The van der Waals surface area contributed by atoms with Gasteiger partial charge in [0.2, 0.25) is 10.0 Å². The van der Waals surface area contributed by atoms with Crippen LogP contribution < -0.4 is 4.72 Å². The fourth-order valence-electron chi connectivity index (χ4n) is 1.78. The molecule has 1 aromatic carbocycles. The monoisotopic (exact) mass is 299 g/mol. The zero-order valence-corrected chi connectivity index (χ0v) is 12.6. The van der Waals surface area contributed by atoms with E-state index in [1.54, 1.807) is 18.2 Å². The van der Waals surface area contributed by atoms with Crippen LogP contribution in [0.5, 0.6) is 0 Å². The van der Waals surface area contributed by atoms with Crippen molar-refractivity contribution in [2.45, 2.75) is 38.0 Å². The van der Waals surface area contributed by atoms with Gasteiger partial charge in [0, 0.05) is 13.0 Å². The summed E-state index contributed by atoms with van der Waals surface area (Å²) in [7, 11) is -3.48. The minimum atomic E-state index is -3.48. The predicted molar refractivity (Wildman–Crippen MR) is 76.9 cm³/mol. The summed E-state index contributed by atoms with van der Waals surface area (Å²) in [5.41, 5.74) is -0.211. The van der Waals surface area contributed by atoms with Crippen molar-refractivity contribution in [3.05, 3.63) is 30.3 Å². The number of rotatable bonds is 8. The number of nitrogens with one attached hydrogen (secondary N) is 1. The number of aliphatic carboxylic acids is 1. The third-order valence-electron chi connectivity index (χ3n) is 3.16. The standard InChI is InChI=1S/C14H21NO4S/c1-14(2,9-8-13(16)17)10-11-15-20(18,19)12-6-4-3-5-7-12/h3-7,15H,8-11H2,1-2H3,(H,16,17). The number of benzene rings is 1. The molecule has 0 radical (unpaired) electrons. The molecule has 0 heterocycles. The first-order valence-corrected chi connectivity index (χ1v) is 7.98. The molecule has 5 nitrogen and oxygen atoms in total. The molecule has 0 unspecified atom stereocenters. The van der Waals surface area contributed by atoms with Crippen LogP contribution >= 0.6 is 0 Å². The molecule has 1 rings (SSSR count). The second kappa shape index (κ2) is 6.85. The molecule has 0 aliphatic carbocycles. The van der Waals surface area contributed by atoms with Gasteiger partial charge in [0.1, 0.15) is 0 Å². The van der Waals surface area contributed by atoms with Gasteiger partial charge in [-0.05, 0) is 30.4 Å². The first-order valence-electron chi connectivity index (χ1n) is 6.49. The third kappa shape index (κ3) is 5.71. The lowest BCUT2D eigenvalue weighted by atomic mass is 9.84. The van der Waals surface area contributed by atoms with Crippen LogP contribution in [0, 0.1) is 5.41 Å². The highest BCUT2D eigenvalue weighted by Gasteiger charge is 2.20. The van der Waals surface area contributed by atoms with Crippen LogP contribution in [-0.2, 0) is 14.8 Å². The van der Waals surface area contributed by atoms with Crippen LogP contribution in [0.25, 0.3) is 0 Å². The van der Waals surface area contributed by atoms with Crippen molar-refractivity contribution in [2.75, 3.05) is 6.54 Å². The second-order valence-electron chi connectivity index (χ2n) is 5.52. The van der Waals surface area contributed by atoms with E-state index >= 15 is 0 Å². The number of hydrogen-bond acceptors (Lipinski definition) is 3. The smallest absolute Gasteiger partial charge is 0.303 e. The van der Waals surface area contributed by atoms with E-state index < -0.39 is 16.0 Å². The summed E-state index contributed by atoms with van der Waals surface area (Å²) in [6, 6.07) is 8.18. The lowest BCUT2D eigenvalue weighted by Crippen LogP contribution is -2.28. The summed E-state index contributed by atoms with van der Waals surface area (Å²) in [6.07, 6.45) is 1.21. The van der Waals surface area contributed by atoms with Crippen LogP contribution in [0.3, 0.4) is 0 Å². The Morgan fingerprint density at radius 2 is 1.80 bits per heavy atom. The van der Waals surface area contributed by atoms with Gasteiger partial charge in [0.15, 0.2) is 0 Å². The normalized spacial score (nSPS) is 12.3. The van der Waals surface area contributed by atoms with Crippen molar-refractivity contribution in [3.8, 4) is 0 Å². The Morgan fingerprint density at radius 1 is 1.20 bits per heavy atom. The van der Waals surface area contributed by atoms with Crippen molar-refractivity contribution in [3.63, 3.8) is 0 Å². The molecule has 0 aliphatic rings. The van der Waals surface area contributed by atoms with Gasteiger partial charge in [0.05, 0.1) is 4.90 Å². The molecule has 0 bridgehead atoms. The van der Waals surface area contributed by atoms with E-state index in [-0.39, 0.29) is 16.7 Å². The van der Waals surface area contributed by atoms with Crippen LogP contribution in [0.2, 0.25) is 0 Å². The quantitative estimate of drug-likeness (QED) is 0.771. The van der Waals surface area contributed by atoms with E-state index in [0.717, 1.165) is 0 Å². The molecule has 0 fully saturated rings. The van der Waals surface area contributed by atoms with Crippen molar-refractivity contribution >= 4 is 16.0 Å². The molecular weight excluding hydrogens is 278 g/mol. The maximum atomic E-state index is 12.0. The molecule has 0 saturated heterocycles. The number of sulfonamides is 1. The highest BCUT2D eigenvalue weighted by molar-refractivity contribution is 7.89. The highest BCUT2D eigenvalue weighted by Crippen LogP contribution is 2.26. The molecule has 112 valence electrons. The summed E-state index contributed by atoms with van der Waals surface area (Å²) >= 11 is 0. The summed E-state index contributed by atoms with van der Waals surface area (Å²) in [5.74, 6) is -0.831. The SMILES string of the molecule is CC(C)(CCNS(=O)(=O)c1ccccc1)CCC(=O)O. The Labute approximate surface area is 120 Å². The molecule has 6 heteroatoms. The van der Waals surface area contributed by atoms with Gasteiger partial charge in [-0.2, -0.15) is 0 Å².